The van der Waals surface area contributed by atoms with E-state index in [2.05, 4.69) is 45.3 Å². The molecule has 0 aliphatic carbocycles. The molecule has 0 saturated carbocycles. The van der Waals surface area contributed by atoms with E-state index in [0.29, 0.717) is 12.4 Å². The number of halogens is 1. The predicted octanol–water partition coefficient (Wildman–Crippen LogP) is 3.97. The van der Waals surface area contributed by atoms with Gasteiger partial charge in [0.15, 0.2) is 0 Å². The Labute approximate surface area is 109 Å². The summed E-state index contributed by atoms with van der Waals surface area (Å²) in [6.07, 6.45) is 0. The zero-order valence-electron chi connectivity index (χ0n) is 10.2. The molecular weight excluding hydrogens is 280 g/mol. The van der Waals surface area contributed by atoms with Crippen molar-refractivity contribution in [3.8, 4) is 0 Å². The van der Waals surface area contributed by atoms with Crippen molar-refractivity contribution in [3.05, 3.63) is 45.6 Å². The normalized spacial score (nSPS) is 10.6. The molecule has 0 unspecified atom stereocenters. The van der Waals surface area contributed by atoms with Gasteiger partial charge >= 0.3 is 0 Å². The monoisotopic (exact) mass is 294 g/mol. The van der Waals surface area contributed by atoms with E-state index < -0.39 is 0 Å². The molecule has 1 aromatic heterocycles. The molecular formula is C13H15BrN2O. The topological polar surface area (TPSA) is 38.1 Å². The lowest BCUT2D eigenvalue weighted by atomic mass is 10.2. The second-order valence-electron chi connectivity index (χ2n) is 4.09. The Bertz CT molecular complexity index is 515. The minimum atomic E-state index is 0.594. The van der Waals surface area contributed by atoms with Crippen LogP contribution in [-0.2, 0) is 6.54 Å². The predicted molar refractivity (Wildman–Crippen MR) is 72.2 cm³/mol. The fraction of sp³-hybridized carbons (Fsp3) is 0.308. The van der Waals surface area contributed by atoms with E-state index in [4.69, 9.17) is 4.42 Å². The lowest BCUT2D eigenvalue weighted by molar-refractivity contribution is 0.478. The van der Waals surface area contributed by atoms with Crippen molar-refractivity contribution in [2.24, 2.45) is 0 Å². The summed E-state index contributed by atoms with van der Waals surface area (Å²) < 4.78 is 6.56. The number of rotatable bonds is 3. The fourth-order valence-electron chi connectivity index (χ4n) is 1.55. The van der Waals surface area contributed by atoms with Crippen LogP contribution in [0.4, 0.5) is 5.69 Å². The lowest BCUT2D eigenvalue weighted by Crippen LogP contribution is -2.00. The molecule has 0 fully saturated rings. The molecule has 90 valence electrons. The van der Waals surface area contributed by atoms with Crippen LogP contribution in [0.1, 0.15) is 22.9 Å². The maximum atomic E-state index is 5.51. The second-order valence-corrected chi connectivity index (χ2v) is 4.94. The molecule has 0 aliphatic rings. The van der Waals surface area contributed by atoms with Crippen LogP contribution < -0.4 is 5.32 Å². The molecule has 1 aromatic carbocycles. The molecule has 4 heteroatoms. The van der Waals surface area contributed by atoms with E-state index in [1.165, 1.54) is 5.56 Å². The zero-order valence-corrected chi connectivity index (χ0v) is 11.8. The molecule has 2 rings (SSSR count). The summed E-state index contributed by atoms with van der Waals surface area (Å²) in [6, 6.07) is 6.19. The van der Waals surface area contributed by atoms with E-state index in [0.717, 1.165) is 21.6 Å². The Morgan fingerprint density at radius 2 is 2.06 bits per heavy atom. The quantitative estimate of drug-likeness (QED) is 0.931. The number of hydrogen-bond donors (Lipinski definition) is 1. The lowest BCUT2D eigenvalue weighted by Gasteiger charge is -2.07. The summed E-state index contributed by atoms with van der Waals surface area (Å²) in [5, 5.41) is 3.29. The molecule has 0 bridgehead atoms. The van der Waals surface area contributed by atoms with Crippen LogP contribution >= 0.6 is 15.9 Å². The third kappa shape index (κ3) is 2.88. The summed E-state index contributed by atoms with van der Waals surface area (Å²) in [7, 11) is 0. The number of nitrogens with one attached hydrogen (secondary N) is 1. The van der Waals surface area contributed by atoms with Gasteiger partial charge in [-0.15, -0.1) is 0 Å². The summed E-state index contributed by atoms with van der Waals surface area (Å²) in [6.45, 7) is 6.53. The fourth-order valence-corrected chi connectivity index (χ4v) is 2.18. The molecule has 1 heterocycles. The van der Waals surface area contributed by atoms with E-state index in [-0.39, 0.29) is 0 Å². The maximum absolute atomic E-state index is 5.51. The smallest absolute Gasteiger partial charge is 0.213 e. The maximum Gasteiger partial charge on any atom is 0.213 e. The summed E-state index contributed by atoms with van der Waals surface area (Å²) in [5.74, 6) is 1.59. The first kappa shape index (κ1) is 12.2. The van der Waals surface area contributed by atoms with Crippen molar-refractivity contribution in [1.82, 2.24) is 4.98 Å². The van der Waals surface area contributed by atoms with Gasteiger partial charge in [-0.1, -0.05) is 6.07 Å². The van der Waals surface area contributed by atoms with E-state index in [9.17, 15) is 0 Å². The highest BCUT2D eigenvalue weighted by Gasteiger charge is 2.06. The van der Waals surface area contributed by atoms with E-state index in [1.807, 2.05) is 19.9 Å². The Hall–Kier alpha value is -1.29. The van der Waals surface area contributed by atoms with Crippen molar-refractivity contribution in [3.63, 3.8) is 0 Å². The standard InChI is InChI=1S/C13H15BrN2O/c1-8-4-5-12(11(14)6-8)15-7-13-16-9(2)10(3)17-13/h4-6,15H,7H2,1-3H3. The molecule has 0 radical (unpaired) electrons. The average Bonchev–Trinajstić information content (AvgIpc) is 2.57. The average molecular weight is 295 g/mol. The van der Waals surface area contributed by atoms with Crippen molar-refractivity contribution in [1.29, 1.82) is 0 Å². The second kappa shape index (κ2) is 4.92. The number of nitrogens with zero attached hydrogens (tertiary/aromatic N) is 1. The summed E-state index contributed by atoms with van der Waals surface area (Å²) >= 11 is 3.53. The van der Waals surface area contributed by atoms with Gasteiger partial charge in [0, 0.05) is 10.2 Å². The van der Waals surface area contributed by atoms with Crippen LogP contribution in [0.5, 0.6) is 0 Å². The molecule has 17 heavy (non-hydrogen) atoms. The van der Waals surface area contributed by atoms with Gasteiger partial charge in [-0.2, -0.15) is 0 Å². The Morgan fingerprint density at radius 1 is 1.29 bits per heavy atom. The van der Waals surface area contributed by atoms with Crippen LogP contribution in [0, 0.1) is 20.8 Å². The van der Waals surface area contributed by atoms with Crippen molar-refractivity contribution in [2.45, 2.75) is 27.3 Å². The Morgan fingerprint density at radius 3 is 2.65 bits per heavy atom. The number of oxazole rings is 1. The molecule has 0 saturated heterocycles. The van der Waals surface area contributed by atoms with Crippen molar-refractivity contribution in [2.75, 3.05) is 5.32 Å². The summed E-state index contributed by atoms with van der Waals surface area (Å²) in [4.78, 5) is 4.33. The molecule has 0 atom stereocenters. The first-order valence-corrected chi connectivity index (χ1v) is 6.28. The number of hydrogen-bond acceptors (Lipinski definition) is 3. The van der Waals surface area contributed by atoms with Crippen LogP contribution in [-0.4, -0.2) is 4.98 Å². The van der Waals surface area contributed by atoms with Crippen molar-refractivity contribution >= 4 is 21.6 Å². The molecule has 1 N–H and O–H groups in total. The highest BCUT2D eigenvalue weighted by atomic mass is 79.9. The highest BCUT2D eigenvalue weighted by molar-refractivity contribution is 9.10. The van der Waals surface area contributed by atoms with Crippen LogP contribution in [0.15, 0.2) is 27.1 Å². The number of aromatic nitrogens is 1. The van der Waals surface area contributed by atoms with Gasteiger partial charge in [-0.05, 0) is 54.4 Å². The minimum Gasteiger partial charge on any atom is -0.444 e. The van der Waals surface area contributed by atoms with Crippen molar-refractivity contribution < 1.29 is 4.42 Å². The highest BCUT2D eigenvalue weighted by Crippen LogP contribution is 2.24. The molecule has 3 nitrogen and oxygen atoms in total. The number of aryl methyl sites for hydroxylation is 3. The number of anilines is 1. The van der Waals surface area contributed by atoms with Gasteiger partial charge in [0.2, 0.25) is 5.89 Å². The first-order valence-electron chi connectivity index (χ1n) is 5.49. The van der Waals surface area contributed by atoms with Gasteiger partial charge in [-0.3, -0.25) is 0 Å². The Kier molecular flexibility index (Phi) is 3.52. The Balaban J connectivity index is 2.07. The van der Waals surface area contributed by atoms with Gasteiger partial charge < -0.3 is 9.73 Å². The van der Waals surface area contributed by atoms with Gasteiger partial charge in [-0.25, -0.2) is 4.98 Å². The minimum absolute atomic E-state index is 0.594. The largest absolute Gasteiger partial charge is 0.444 e. The molecule has 0 spiro atoms. The zero-order chi connectivity index (χ0) is 12.4. The third-order valence-electron chi connectivity index (χ3n) is 2.63. The van der Waals surface area contributed by atoms with Gasteiger partial charge in [0.1, 0.15) is 5.76 Å². The van der Waals surface area contributed by atoms with Gasteiger partial charge in [0.05, 0.1) is 12.2 Å². The van der Waals surface area contributed by atoms with Crippen LogP contribution in [0.3, 0.4) is 0 Å². The third-order valence-corrected chi connectivity index (χ3v) is 3.28. The summed E-state index contributed by atoms with van der Waals surface area (Å²) in [5.41, 5.74) is 3.22. The first-order chi connectivity index (χ1) is 8.06. The number of benzene rings is 1. The van der Waals surface area contributed by atoms with E-state index >= 15 is 0 Å². The van der Waals surface area contributed by atoms with Crippen LogP contribution in [0.2, 0.25) is 0 Å². The molecule has 2 aromatic rings. The van der Waals surface area contributed by atoms with Gasteiger partial charge in [0.25, 0.3) is 0 Å². The van der Waals surface area contributed by atoms with E-state index in [1.54, 1.807) is 0 Å². The SMILES string of the molecule is Cc1ccc(NCc2nc(C)c(C)o2)c(Br)c1. The molecule has 0 aliphatic heterocycles. The van der Waals surface area contributed by atoms with Crippen LogP contribution in [0.25, 0.3) is 0 Å². The molecule has 0 amide bonds.